The Kier molecular flexibility index (Phi) is 7.27. The smallest absolute Gasteiger partial charge is 0.254 e. The molecule has 1 aromatic heterocycles. The zero-order valence-electron chi connectivity index (χ0n) is 15.9. The summed E-state index contributed by atoms with van der Waals surface area (Å²) in [6, 6.07) is 20.1. The first-order chi connectivity index (χ1) is 13.7. The van der Waals surface area contributed by atoms with Crippen LogP contribution in [0, 0.1) is 0 Å². The van der Waals surface area contributed by atoms with Crippen molar-refractivity contribution in [2.45, 2.75) is 25.8 Å². The van der Waals surface area contributed by atoms with Crippen LogP contribution in [0.3, 0.4) is 0 Å². The molecule has 2 aromatic carbocycles. The molecule has 0 saturated carbocycles. The van der Waals surface area contributed by atoms with Crippen LogP contribution in [0.2, 0.25) is 0 Å². The Morgan fingerprint density at radius 2 is 1.82 bits per heavy atom. The van der Waals surface area contributed by atoms with Gasteiger partial charge in [-0.3, -0.25) is 4.79 Å². The second-order valence-electron chi connectivity index (χ2n) is 6.60. The lowest BCUT2D eigenvalue weighted by atomic mass is 10.1. The third-order valence-corrected chi connectivity index (χ3v) is 4.44. The van der Waals surface area contributed by atoms with Crippen molar-refractivity contribution in [3.05, 3.63) is 89.4 Å². The van der Waals surface area contributed by atoms with Crippen molar-refractivity contribution in [2.24, 2.45) is 5.73 Å². The molecule has 3 aromatic rings. The number of nitrogens with two attached hydrogens (primary N) is 1. The van der Waals surface area contributed by atoms with Crippen molar-refractivity contribution in [3.63, 3.8) is 0 Å². The summed E-state index contributed by atoms with van der Waals surface area (Å²) >= 11 is 0. The minimum Gasteiger partial charge on any atom is -0.494 e. The monoisotopic (exact) mass is 378 g/mol. The van der Waals surface area contributed by atoms with E-state index in [9.17, 15) is 4.79 Å². The van der Waals surface area contributed by atoms with Crippen LogP contribution in [0.25, 0.3) is 0 Å². The molecule has 146 valence electrons. The van der Waals surface area contributed by atoms with Gasteiger partial charge in [0.1, 0.15) is 17.8 Å². The minimum absolute atomic E-state index is 0.156. The number of aryl methyl sites for hydroxylation is 1. The van der Waals surface area contributed by atoms with Crippen LogP contribution in [0.1, 0.15) is 33.7 Å². The van der Waals surface area contributed by atoms with E-state index in [1.165, 1.54) is 11.8 Å². The molecule has 3 rings (SSSR count). The fourth-order valence-corrected chi connectivity index (χ4v) is 2.93. The summed E-state index contributed by atoms with van der Waals surface area (Å²) in [7, 11) is 0. The van der Waals surface area contributed by atoms with Crippen molar-refractivity contribution < 1.29 is 13.9 Å². The van der Waals surface area contributed by atoms with Crippen molar-refractivity contribution in [1.82, 2.24) is 5.32 Å². The van der Waals surface area contributed by atoms with Gasteiger partial charge in [-0.1, -0.05) is 42.5 Å². The number of carbonyl (C=O) groups is 1. The maximum atomic E-state index is 12.1. The molecule has 0 aliphatic carbocycles. The van der Waals surface area contributed by atoms with E-state index >= 15 is 0 Å². The lowest BCUT2D eigenvalue weighted by molar-refractivity contribution is 0.0953. The summed E-state index contributed by atoms with van der Waals surface area (Å²) in [6.45, 7) is 1.50. The zero-order valence-corrected chi connectivity index (χ0v) is 15.9. The summed E-state index contributed by atoms with van der Waals surface area (Å²) in [5, 5.41) is 2.89. The molecule has 0 atom stereocenters. The first kappa shape index (κ1) is 19.7. The van der Waals surface area contributed by atoms with Crippen LogP contribution in [0.5, 0.6) is 5.75 Å². The third-order valence-electron chi connectivity index (χ3n) is 4.44. The molecule has 5 heteroatoms. The lowest BCUT2D eigenvalue weighted by Gasteiger charge is -2.09. The normalized spacial score (nSPS) is 10.6. The standard InChI is InChI=1S/C23H26N2O3/c24-16-22-15-20(17-28-22)23(26)25-12-11-19-8-4-10-21(14-19)27-13-5-9-18-6-2-1-3-7-18/h1-4,6-8,10,14-15,17H,5,9,11-13,16,24H2,(H,25,26). The Labute approximate surface area is 165 Å². The molecule has 0 aliphatic rings. The van der Waals surface area contributed by atoms with E-state index in [4.69, 9.17) is 14.9 Å². The zero-order chi connectivity index (χ0) is 19.6. The fourth-order valence-electron chi connectivity index (χ4n) is 2.93. The van der Waals surface area contributed by atoms with E-state index in [1.54, 1.807) is 6.07 Å². The molecule has 3 N–H and O–H groups in total. The van der Waals surface area contributed by atoms with Gasteiger partial charge < -0.3 is 20.2 Å². The lowest BCUT2D eigenvalue weighted by Crippen LogP contribution is -2.25. The Balaban J connectivity index is 1.39. The van der Waals surface area contributed by atoms with E-state index in [-0.39, 0.29) is 12.5 Å². The second kappa shape index (κ2) is 10.3. The van der Waals surface area contributed by atoms with E-state index < -0.39 is 0 Å². The van der Waals surface area contributed by atoms with E-state index in [0.717, 1.165) is 30.6 Å². The maximum absolute atomic E-state index is 12.1. The van der Waals surface area contributed by atoms with Gasteiger partial charge in [0.25, 0.3) is 5.91 Å². The van der Waals surface area contributed by atoms with Gasteiger partial charge in [-0.25, -0.2) is 0 Å². The van der Waals surface area contributed by atoms with Crippen LogP contribution in [-0.2, 0) is 19.4 Å². The molecule has 0 saturated heterocycles. The number of carbonyl (C=O) groups excluding carboxylic acids is 1. The van der Waals surface area contributed by atoms with Crippen molar-refractivity contribution in [1.29, 1.82) is 0 Å². The molecule has 1 heterocycles. The van der Waals surface area contributed by atoms with E-state index in [1.807, 2.05) is 30.3 Å². The maximum Gasteiger partial charge on any atom is 0.254 e. The summed E-state index contributed by atoms with van der Waals surface area (Å²) in [6.07, 6.45) is 4.14. The van der Waals surface area contributed by atoms with Gasteiger partial charge in [0.2, 0.25) is 0 Å². The molecular weight excluding hydrogens is 352 g/mol. The summed E-state index contributed by atoms with van der Waals surface area (Å²) in [4.78, 5) is 12.1. The highest BCUT2D eigenvalue weighted by Gasteiger charge is 2.09. The Bertz CT molecular complexity index is 874. The highest BCUT2D eigenvalue weighted by Crippen LogP contribution is 2.14. The predicted molar refractivity (Wildman–Crippen MR) is 109 cm³/mol. The molecular formula is C23H26N2O3. The third kappa shape index (κ3) is 5.99. The predicted octanol–water partition coefficient (Wildman–Crippen LogP) is 3.72. The molecule has 0 bridgehead atoms. The fraction of sp³-hybridized carbons (Fsp3) is 0.261. The first-order valence-electron chi connectivity index (χ1n) is 9.56. The van der Waals surface area contributed by atoms with Gasteiger partial charge in [0, 0.05) is 6.54 Å². The Morgan fingerprint density at radius 3 is 2.61 bits per heavy atom. The van der Waals surface area contributed by atoms with Crippen molar-refractivity contribution in [2.75, 3.05) is 13.2 Å². The summed E-state index contributed by atoms with van der Waals surface area (Å²) in [5.74, 6) is 1.30. The highest BCUT2D eigenvalue weighted by molar-refractivity contribution is 5.93. The van der Waals surface area contributed by atoms with Gasteiger partial charge in [-0.15, -0.1) is 0 Å². The molecule has 28 heavy (non-hydrogen) atoms. The Hall–Kier alpha value is -3.05. The van der Waals surface area contributed by atoms with Crippen LogP contribution < -0.4 is 15.8 Å². The number of amides is 1. The molecule has 5 nitrogen and oxygen atoms in total. The number of rotatable bonds is 10. The molecule has 0 fully saturated rings. The summed E-state index contributed by atoms with van der Waals surface area (Å²) in [5.41, 5.74) is 8.43. The van der Waals surface area contributed by atoms with Gasteiger partial charge in [0.15, 0.2) is 0 Å². The van der Waals surface area contributed by atoms with Crippen LogP contribution in [0.4, 0.5) is 0 Å². The van der Waals surface area contributed by atoms with Crippen LogP contribution in [-0.4, -0.2) is 19.1 Å². The second-order valence-corrected chi connectivity index (χ2v) is 6.60. The molecule has 0 radical (unpaired) electrons. The topological polar surface area (TPSA) is 77.5 Å². The molecule has 0 aliphatic heterocycles. The van der Waals surface area contributed by atoms with Gasteiger partial charge >= 0.3 is 0 Å². The number of hydrogen-bond acceptors (Lipinski definition) is 4. The van der Waals surface area contributed by atoms with E-state index in [0.29, 0.717) is 24.5 Å². The molecule has 0 unspecified atom stereocenters. The van der Waals surface area contributed by atoms with Gasteiger partial charge in [-0.2, -0.15) is 0 Å². The average Bonchev–Trinajstić information content (AvgIpc) is 3.22. The number of benzene rings is 2. The summed E-state index contributed by atoms with van der Waals surface area (Å²) < 4.78 is 11.1. The first-order valence-corrected chi connectivity index (χ1v) is 9.56. The average molecular weight is 378 g/mol. The highest BCUT2D eigenvalue weighted by atomic mass is 16.5. The van der Waals surface area contributed by atoms with Crippen LogP contribution >= 0.6 is 0 Å². The van der Waals surface area contributed by atoms with E-state index in [2.05, 4.69) is 29.6 Å². The molecule has 0 spiro atoms. The van der Waals surface area contributed by atoms with Crippen LogP contribution in [0.15, 0.2) is 71.3 Å². The number of furan rings is 1. The Morgan fingerprint density at radius 1 is 1.00 bits per heavy atom. The van der Waals surface area contributed by atoms with Crippen molar-refractivity contribution >= 4 is 5.91 Å². The number of nitrogens with one attached hydrogen (secondary N) is 1. The van der Waals surface area contributed by atoms with Crippen molar-refractivity contribution in [3.8, 4) is 5.75 Å². The minimum atomic E-state index is -0.156. The molecule has 1 amide bonds. The number of ether oxygens (including phenoxy) is 1. The van der Waals surface area contributed by atoms with Gasteiger partial charge in [-0.05, 0) is 48.6 Å². The SMILES string of the molecule is NCc1cc(C(=O)NCCc2cccc(OCCCc3ccccc3)c2)co1. The quantitative estimate of drug-likeness (QED) is 0.527. The van der Waals surface area contributed by atoms with Gasteiger partial charge in [0.05, 0.1) is 18.7 Å². The largest absolute Gasteiger partial charge is 0.494 e. The number of hydrogen-bond donors (Lipinski definition) is 2.